The fourth-order valence-electron chi connectivity index (χ4n) is 3.75. The molecule has 0 saturated heterocycles. The van der Waals surface area contributed by atoms with Gasteiger partial charge >= 0.3 is 6.01 Å². The number of amides is 1. The standard InChI is InChI=1S/C27H20N4O5/c1-2-17-5-7-18(8-6-17)19-9-11-20(12-10-19)21-14-22(16-23(15-21)31(33)34)25(32)28-27-30-29-26(36-27)24-4-3-13-35-24/h3-16H,2H2,1H3,(H,28,30,32). The number of carbonyl (C=O) groups excluding carboxylic acids is 1. The van der Waals surface area contributed by atoms with Crippen LogP contribution in [-0.4, -0.2) is 21.0 Å². The first kappa shape index (κ1) is 22.7. The molecule has 2 aromatic heterocycles. The van der Waals surface area contributed by atoms with Crippen molar-refractivity contribution in [2.24, 2.45) is 0 Å². The zero-order valence-electron chi connectivity index (χ0n) is 19.2. The minimum atomic E-state index is -0.623. The third-order valence-corrected chi connectivity index (χ3v) is 5.68. The van der Waals surface area contributed by atoms with Crippen molar-refractivity contribution in [3.05, 3.63) is 106 Å². The van der Waals surface area contributed by atoms with Gasteiger partial charge in [-0.1, -0.05) is 60.6 Å². The van der Waals surface area contributed by atoms with Gasteiger partial charge in [-0.15, -0.1) is 5.10 Å². The van der Waals surface area contributed by atoms with E-state index in [0.29, 0.717) is 11.3 Å². The predicted octanol–water partition coefficient (Wildman–Crippen LogP) is 6.39. The van der Waals surface area contributed by atoms with Crippen molar-refractivity contribution in [2.45, 2.75) is 13.3 Å². The van der Waals surface area contributed by atoms with Gasteiger partial charge in [0.25, 0.3) is 17.5 Å². The van der Waals surface area contributed by atoms with Gasteiger partial charge < -0.3 is 8.83 Å². The Kier molecular flexibility index (Phi) is 6.10. The zero-order valence-corrected chi connectivity index (χ0v) is 19.2. The number of aryl methyl sites for hydroxylation is 1. The van der Waals surface area contributed by atoms with Crippen LogP contribution in [0.1, 0.15) is 22.8 Å². The lowest BCUT2D eigenvalue weighted by Gasteiger charge is -2.08. The average Bonchev–Trinajstić information content (AvgIpc) is 3.61. The molecule has 0 fully saturated rings. The quantitative estimate of drug-likeness (QED) is 0.211. The van der Waals surface area contributed by atoms with Gasteiger partial charge in [0, 0.05) is 17.7 Å². The van der Waals surface area contributed by atoms with Crippen LogP contribution in [0.5, 0.6) is 0 Å². The monoisotopic (exact) mass is 480 g/mol. The van der Waals surface area contributed by atoms with Crippen LogP contribution in [0.2, 0.25) is 0 Å². The van der Waals surface area contributed by atoms with Crippen LogP contribution in [-0.2, 0) is 6.42 Å². The molecule has 5 rings (SSSR count). The van der Waals surface area contributed by atoms with E-state index in [1.165, 1.54) is 24.0 Å². The minimum absolute atomic E-state index is 0.0798. The average molecular weight is 480 g/mol. The number of aromatic nitrogens is 2. The normalized spacial score (nSPS) is 10.8. The van der Waals surface area contributed by atoms with Crippen LogP contribution in [0.15, 0.2) is 94.0 Å². The van der Waals surface area contributed by atoms with E-state index in [0.717, 1.165) is 23.1 Å². The van der Waals surface area contributed by atoms with Gasteiger partial charge in [0.05, 0.1) is 11.2 Å². The summed E-state index contributed by atoms with van der Waals surface area (Å²) in [6.07, 6.45) is 2.43. The molecule has 0 unspecified atom stereocenters. The Morgan fingerprint density at radius 1 is 0.917 bits per heavy atom. The Bertz CT molecular complexity index is 1520. The molecule has 178 valence electrons. The molecule has 0 saturated carbocycles. The summed E-state index contributed by atoms with van der Waals surface area (Å²) in [5.41, 5.74) is 4.49. The van der Waals surface area contributed by atoms with Gasteiger partial charge in [-0.25, -0.2) is 0 Å². The van der Waals surface area contributed by atoms with Gasteiger partial charge in [0.2, 0.25) is 0 Å². The molecule has 5 aromatic rings. The number of hydrogen-bond acceptors (Lipinski definition) is 7. The highest BCUT2D eigenvalue weighted by Gasteiger charge is 2.18. The molecule has 1 N–H and O–H groups in total. The lowest BCUT2D eigenvalue weighted by Crippen LogP contribution is -2.12. The number of nitro benzene ring substituents is 1. The number of non-ortho nitro benzene ring substituents is 1. The number of benzene rings is 3. The van der Waals surface area contributed by atoms with E-state index in [2.05, 4.69) is 46.7 Å². The molecule has 9 heteroatoms. The van der Waals surface area contributed by atoms with Crippen LogP contribution in [0.4, 0.5) is 11.7 Å². The highest BCUT2D eigenvalue weighted by Crippen LogP contribution is 2.29. The van der Waals surface area contributed by atoms with Crippen molar-refractivity contribution in [1.82, 2.24) is 10.2 Å². The fourth-order valence-corrected chi connectivity index (χ4v) is 3.75. The number of nitrogens with zero attached hydrogens (tertiary/aromatic N) is 3. The Morgan fingerprint density at radius 3 is 2.19 bits per heavy atom. The molecule has 0 aliphatic carbocycles. The Morgan fingerprint density at radius 2 is 1.58 bits per heavy atom. The van der Waals surface area contributed by atoms with E-state index in [4.69, 9.17) is 8.83 Å². The Labute approximate surface area is 205 Å². The van der Waals surface area contributed by atoms with E-state index in [9.17, 15) is 14.9 Å². The number of anilines is 1. The lowest BCUT2D eigenvalue weighted by molar-refractivity contribution is -0.384. The van der Waals surface area contributed by atoms with Crippen LogP contribution >= 0.6 is 0 Å². The molecule has 0 spiro atoms. The van der Waals surface area contributed by atoms with Crippen molar-refractivity contribution in [2.75, 3.05) is 5.32 Å². The van der Waals surface area contributed by atoms with Gasteiger partial charge in [-0.2, -0.15) is 0 Å². The van der Waals surface area contributed by atoms with Crippen LogP contribution in [0.25, 0.3) is 33.9 Å². The fraction of sp³-hybridized carbons (Fsp3) is 0.0741. The largest absolute Gasteiger partial charge is 0.459 e. The number of carbonyl (C=O) groups is 1. The summed E-state index contributed by atoms with van der Waals surface area (Å²) in [6, 6.07) is 23.3. The molecule has 0 atom stereocenters. The number of nitro groups is 1. The molecule has 2 heterocycles. The second-order valence-corrected chi connectivity index (χ2v) is 8.00. The summed E-state index contributed by atoms with van der Waals surface area (Å²) in [4.78, 5) is 23.9. The van der Waals surface area contributed by atoms with E-state index >= 15 is 0 Å². The smallest absolute Gasteiger partial charge is 0.322 e. The molecule has 0 aliphatic heterocycles. The third-order valence-electron chi connectivity index (χ3n) is 5.68. The van der Waals surface area contributed by atoms with E-state index in [1.807, 2.05) is 24.3 Å². The number of rotatable bonds is 7. The van der Waals surface area contributed by atoms with Crippen molar-refractivity contribution in [3.63, 3.8) is 0 Å². The first-order chi connectivity index (χ1) is 17.5. The van der Waals surface area contributed by atoms with E-state index in [1.54, 1.807) is 18.2 Å². The van der Waals surface area contributed by atoms with Gasteiger partial charge in [-0.05, 0) is 52.4 Å². The second kappa shape index (κ2) is 9.67. The van der Waals surface area contributed by atoms with Crippen molar-refractivity contribution < 1.29 is 18.6 Å². The number of hydrogen-bond donors (Lipinski definition) is 1. The van der Waals surface area contributed by atoms with E-state index in [-0.39, 0.29) is 23.2 Å². The van der Waals surface area contributed by atoms with Gasteiger partial charge in [0.1, 0.15) is 0 Å². The second-order valence-electron chi connectivity index (χ2n) is 8.00. The number of nitrogens with one attached hydrogen (secondary N) is 1. The summed E-state index contributed by atoms with van der Waals surface area (Å²) in [5.74, 6) is -0.174. The molecule has 1 amide bonds. The van der Waals surface area contributed by atoms with Crippen LogP contribution in [0.3, 0.4) is 0 Å². The summed E-state index contributed by atoms with van der Waals surface area (Å²) in [6.45, 7) is 2.11. The molecule has 0 aliphatic rings. The molecule has 9 nitrogen and oxygen atoms in total. The third kappa shape index (κ3) is 4.76. The van der Waals surface area contributed by atoms with E-state index < -0.39 is 10.8 Å². The predicted molar refractivity (Wildman–Crippen MR) is 133 cm³/mol. The highest BCUT2D eigenvalue weighted by molar-refractivity contribution is 6.04. The van der Waals surface area contributed by atoms with Crippen molar-refractivity contribution >= 4 is 17.6 Å². The van der Waals surface area contributed by atoms with Crippen molar-refractivity contribution in [1.29, 1.82) is 0 Å². The summed E-state index contributed by atoms with van der Waals surface area (Å²) in [5, 5.41) is 21.7. The molecule has 0 bridgehead atoms. The molecule has 36 heavy (non-hydrogen) atoms. The maximum absolute atomic E-state index is 12.9. The van der Waals surface area contributed by atoms with Gasteiger partial charge in [-0.3, -0.25) is 20.2 Å². The highest BCUT2D eigenvalue weighted by atomic mass is 16.6. The topological polar surface area (TPSA) is 124 Å². The molecule has 3 aromatic carbocycles. The number of furan rings is 1. The molecular weight excluding hydrogens is 460 g/mol. The molecular formula is C27H20N4O5. The first-order valence-electron chi connectivity index (χ1n) is 11.2. The summed E-state index contributed by atoms with van der Waals surface area (Å²) < 4.78 is 10.6. The molecule has 0 radical (unpaired) electrons. The zero-order chi connectivity index (χ0) is 25.1. The Balaban J connectivity index is 1.41. The van der Waals surface area contributed by atoms with Crippen molar-refractivity contribution in [3.8, 4) is 33.9 Å². The van der Waals surface area contributed by atoms with Crippen LogP contribution in [0, 0.1) is 10.1 Å². The summed E-state index contributed by atoms with van der Waals surface area (Å²) >= 11 is 0. The lowest BCUT2D eigenvalue weighted by atomic mass is 9.98. The van der Waals surface area contributed by atoms with Crippen LogP contribution < -0.4 is 5.32 Å². The minimum Gasteiger partial charge on any atom is -0.459 e. The maximum atomic E-state index is 12.9. The van der Waals surface area contributed by atoms with Gasteiger partial charge in [0.15, 0.2) is 5.76 Å². The summed E-state index contributed by atoms with van der Waals surface area (Å²) in [7, 11) is 0. The Hall–Kier alpha value is -5.05. The first-order valence-corrected chi connectivity index (χ1v) is 11.2. The maximum Gasteiger partial charge on any atom is 0.322 e. The SMILES string of the molecule is CCc1ccc(-c2ccc(-c3cc(C(=O)Nc4nnc(-c5ccco5)o4)cc([N+](=O)[O-])c3)cc2)cc1.